The van der Waals surface area contributed by atoms with Crippen LogP contribution in [0.5, 0.6) is 0 Å². The van der Waals surface area contributed by atoms with Gasteiger partial charge in [-0.25, -0.2) is 4.39 Å². The van der Waals surface area contributed by atoms with Crippen LogP contribution in [-0.2, 0) is 4.74 Å². The molecule has 2 fully saturated rings. The Labute approximate surface area is 96.8 Å². The first-order valence-electron chi connectivity index (χ1n) is 6.06. The van der Waals surface area contributed by atoms with Gasteiger partial charge in [0.15, 0.2) is 0 Å². The maximum Gasteiger partial charge on any atom is 0.129 e. The van der Waals surface area contributed by atoms with E-state index in [0.717, 1.165) is 38.1 Å². The van der Waals surface area contributed by atoms with E-state index in [1.54, 1.807) is 0 Å². The Morgan fingerprint density at radius 3 is 3.12 bits per heavy atom. The van der Waals surface area contributed by atoms with Crippen molar-refractivity contribution in [3.05, 3.63) is 17.6 Å². The van der Waals surface area contributed by atoms with Gasteiger partial charge in [-0.3, -0.25) is 4.90 Å². The Morgan fingerprint density at radius 2 is 2.44 bits per heavy atom. The fourth-order valence-electron chi connectivity index (χ4n) is 2.83. The van der Waals surface area contributed by atoms with Crippen LogP contribution in [0.25, 0.3) is 0 Å². The molecule has 0 spiro atoms. The van der Waals surface area contributed by atoms with Crippen LogP contribution in [0.15, 0.2) is 17.6 Å². The van der Waals surface area contributed by atoms with E-state index in [1.165, 1.54) is 6.42 Å². The van der Waals surface area contributed by atoms with Crippen molar-refractivity contribution < 1.29 is 9.13 Å². The third-order valence-electron chi connectivity index (χ3n) is 3.61. The Bertz CT molecular complexity index is 320. The third kappa shape index (κ3) is 2.22. The molecule has 0 saturated carbocycles. The number of halogens is 1. The lowest BCUT2D eigenvalue weighted by Crippen LogP contribution is -2.43. The van der Waals surface area contributed by atoms with Gasteiger partial charge >= 0.3 is 0 Å². The van der Waals surface area contributed by atoms with Crippen molar-refractivity contribution in [3.63, 3.8) is 0 Å². The number of fused-ring (bicyclic) bond motifs is 1. The van der Waals surface area contributed by atoms with Gasteiger partial charge in [-0.1, -0.05) is 5.73 Å². The summed E-state index contributed by atoms with van der Waals surface area (Å²) in [6.07, 6.45) is 4.11. The average molecular weight is 225 g/mol. The topological polar surface area (TPSA) is 12.5 Å². The molecule has 2 aliphatic rings. The summed E-state index contributed by atoms with van der Waals surface area (Å²) in [5, 5.41) is 0. The first-order valence-corrected chi connectivity index (χ1v) is 6.06. The summed E-state index contributed by atoms with van der Waals surface area (Å²) in [7, 11) is 0. The Balaban J connectivity index is 2.08. The molecule has 0 unspecified atom stereocenters. The molecule has 2 heterocycles. The van der Waals surface area contributed by atoms with Gasteiger partial charge in [0.1, 0.15) is 6.33 Å². The van der Waals surface area contributed by atoms with Crippen molar-refractivity contribution in [3.8, 4) is 0 Å². The molecule has 16 heavy (non-hydrogen) atoms. The zero-order valence-corrected chi connectivity index (χ0v) is 10.1. The first kappa shape index (κ1) is 11.8. The molecule has 90 valence electrons. The predicted octanol–water partition coefficient (Wildman–Crippen LogP) is 2.66. The van der Waals surface area contributed by atoms with E-state index in [-0.39, 0.29) is 11.6 Å². The predicted molar refractivity (Wildman–Crippen MR) is 61.9 cm³/mol. The highest BCUT2D eigenvalue weighted by molar-refractivity contribution is 5.19. The lowest BCUT2D eigenvalue weighted by atomic mass is 9.93. The molecule has 2 aliphatic heterocycles. The lowest BCUT2D eigenvalue weighted by Gasteiger charge is -2.31. The fourth-order valence-corrected chi connectivity index (χ4v) is 2.83. The fraction of sp³-hybridized carbons (Fsp3) is 0.769. The van der Waals surface area contributed by atoms with Crippen molar-refractivity contribution in [2.24, 2.45) is 0 Å². The Kier molecular flexibility index (Phi) is 3.48. The van der Waals surface area contributed by atoms with Crippen molar-refractivity contribution in [1.29, 1.82) is 0 Å². The minimum atomic E-state index is 0.135. The molecule has 0 bridgehead atoms. The van der Waals surface area contributed by atoms with Crippen LogP contribution < -0.4 is 0 Å². The normalized spacial score (nSPS) is 29.6. The third-order valence-corrected chi connectivity index (χ3v) is 3.61. The summed E-state index contributed by atoms with van der Waals surface area (Å²) in [6, 6.07) is 0. The van der Waals surface area contributed by atoms with Crippen molar-refractivity contribution in [2.75, 3.05) is 19.7 Å². The van der Waals surface area contributed by atoms with Crippen molar-refractivity contribution >= 4 is 0 Å². The van der Waals surface area contributed by atoms with E-state index in [1.807, 2.05) is 0 Å². The number of hydrogen-bond acceptors (Lipinski definition) is 2. The smallest absolute Gasteiger partial charge is 0.129 e. The number of nitrogens with zero attached hydrogens (tertiary/aromatic N) is 1. The van der Waals surface area contributed by atoms with Gasteiger partial charge in [-0.2, -0.15) is 0 Å². The molecule has 0 aromatic heterocycles. The molecule has 1 atom stereocenters. The van der Waals surface area contributed by atoms with Crippen LogP contribution in [-0.4, -0.2) is 36.2 Å². The second-order valence-electron chi connectivity index (χ2n) is 5.14. The van der Waals surface area contributed by atoms with Gasteiger partial charge in [0.25, 0.3) is 0 Å². The van der Waals surface area contributed by atoms with Crippen molar-refractivity contribution in [1.82, 2.24) is 4.90 Å². The largest absolute Gasteiger partial charge is 0.377 e. The molecule has 2 rings (SSSR count). The summed E-state index contributed by atoms with van der Waals surface area (Å²) in [6.45, 7) is 6.86. The van der Waals surface area contributed by atoms with E-state index >= 15 is 0 Å². The van der Waals surface area contributed by atoms with Crippen LogP contribution in [0.4, 0.5) is 4.39 Å². The van der Waals surface area contributed by atoms with Crippen LogP contribution in [0.1, 0.15) is 33.1 Å². The lowest BCUT2D eigenvalue weighted by molar-refractivity contribution is 0.00329. The summed E-state index contributed by atoms with van der Waals surface area (Å²) >= 11 is 0. The summed E-state index contributed by atoms with van der Waals surface area (Å²) in [5.41, 5.74) is 3.93. The summed E-state index contributed by atoms with van der Waals surface area (Å²) < 4.78 is 17.9. The number of hydrogen-bond donors (Lipinski definition) is 0. The first-order chi connectivity index (χ1) is 7.66. The van der Waals surface area contributed by atoms with Gasteiger partial charge in [0.2, 0.25) is 0 Å². The molecule has 0 aromatic rings. The van der Waals surface area contributed by atoms with E-state index < -0.39 is 0 Å². The molecule has 3 heteroatoms. The van der Waals surface area contributed by atoms with E-state index in [4.69, 9.17) is 4.74 Å². The van der Waals surface area contributed by atoms with E-state index in [9.17, 15) is 4.39 Å². The molecule has 0 radical (unpaired) electrons. The molecule has 0 amide bonds. The number of rotatable bonds is 3. The molecule has 0 aromatic carbocycles. The van der Waals surface area contributed by atoms with Crippen LogP contribution in [0.3, 0.4) is 0 Å². The monoisotopic (exact) mass is 225 g/mol. The average Bonchev–Trinajstić information content (AvgIpc) is 2.72. The minimum Gasteiger partial charge on any atom is -0.377 e. The van der Waals surface area contributed by atoms with Crippen molar-refractivity contribution in [2.45, 2.75) is 44.8 Å². The number of ether oxygens (including phenoxy) is 1. The molecule has 2 nitrogen and oxygen atoms in total. The maximum absolute atomic E-state index is 12.2. The summed E-state index contributed by atoms with van der Waals surface area (Å²) in [4.78, 5) is 2.43. The maximum atomic E-state index is 12.2. The molecule has 2 saturated heterocycles. The molecular weight excluding hydrogens is 205 g/mol. The van der Waals surface area contributed by atoms with Gasteiger partial charge in [-0.15, -0.1) is 0 Å². The second kappa shape index (κ2) is 4.70. The van der Waals surface area contributed by atoms with E-state index in [2.05, 4.69) is 24.5 Å². The second-order valence-corrected chi connectivity index (χ2v) is 5.14. The summed E-state index contributed by atoms with van der Waals surface area (Å²) in [5.74, 6) is 0. The molecule has 0 N–H and O–H groups in total. The van der Waals surface area contributed by atoms with Gasteiger partial charge in [0, 0.05) is 12.1 Å². The molecular formula is C13H20FNO. The highest BCUT2D eigenvalue weighted by Crippen LogP contribution is 2.41. The standard InChI is InChI=1S/C13H20FNO/c1-11(2)16-10-13-5-3-7-15(13)9-12(8-13)4-6-14/h6,11H,3,5,7-10H2,1-2H3/t4?,13-/m1/s1. The quantitative estimate of drug-likeness (QED) is 0.685. The zero-order chi connectivity index (χ0) is 11.6. The van der Waals surface area contributed by atoms with E-state index in [0.29, 0.717) is 6.33 Å². The van der Waals surface area contributed by atoms with Crippen LogP contribution >= 0.6 is 0 Å². The highest BCUT2D eigenvalue weighted by Gasteiger charge is 2.46. The minimum absolute atomic E-state index is 0.135. The SMILES string of the molecule is CC(C)OC[C@]12CCCN1CC(=C=CF)C2. The van der Waals surface area contributed by atoms with Gasteiger partial charge in [0.05, 0.1) is 12.7 Å². The van der Waals surface area contributed by atoms with Gasteiger partial charge in [-0.05, 0) is 45.2 Å². The highest BCUT2D eigenvalue weighted by atomic mass is 19.1. The Hall–Kier alpha value is -0.630. The zero-order valence-electron chi connectivity index (χ0n) is 10.1. The Morgan fingerprint density at radius 1 is 1.62 bits per heavy atom. The van der Waals surface area contributed by atoms with Crippen LogP contribution in [0.2, 0.25) is 0 Å². The van der Waals surface area contributed by atoms with Gasteiger partial charge < -0.3 is 4.74 Å². The molecule has 0 aliphatic carbocycles. The van der Waals surface area contributed by atoms with Crippen LogP contribution in [0, 0.1) is 0 Å².